The first-order valence-corrected chi connectivity index (χ1v) is 10.0. The second-order valence-electron chi connectivity index (χ2n) is 6.11. The van der Waals surface area contributed by atoms with E-state index < -0.39 is 25.6 Å². The maximum Gasteiger partial charge on any atom is 0.459 e. The zero-order chi connectivity index (χ0) is 19.9. The molecule has 0 aliphatic heterocycles. The standard InChI is InChI=1S/C19H23FNO5P/c1-14(2)25-19(22)15(3)21-27(23,24-13-16-9-5-4-6-10-16)26-18-12-8-7-11-17(18)20/h4-12,14-15H,13H2,1-3H3,(H,21,23)/t15-,27?/m0/s1. The van der Waals surface area contributed by atoms with Crippen molar-refractivity contribution in [2.75, 3.05) is 0 Å². The minimum absolute atomic E-state index is 0.0501. The van der Waals surface area contributed by atoms with Gasteiger partial charge in [0.2, 0.25) is 0 Å². The molecule has 0 fully saturated rings. The molecule has 2 atom stereocenters. The minimum atomic E-state index is -4.08. The van der Waals surface area contributed by atoms with Crippen LogP contribution in [0.15, 0.2) is 54.6 Å². The Kier molecular flexibility index (Phi) is 7.54. The van der Waals surface area contributed by atoms with Gasteiger partial charge >= 0.3 is 13.7 Å². The lowest BCUT2D eigenvalue weighted by atomic mass is 10.2. The molecular formula is C19H23FNO5P. The van der Waals surface area contributed by atoms with Crippen LogP contribution in [-0.2, 0) is 25.2 Å². The highest BCUT2D eigenvalue weighted by atomic mass is 31.2. The molecule has 0 aromatic heterocycles. The number of carbonyl (C=O) groups excluding carboxylic acids is 1. The van der Waals surface area contributed by atoms with E-state index in [1.54, 1.807) is 38.1 Å². The zero-order valence-electron chi connectivity index (χ0n) is 15.4. The molecule has 1 N–H and O–H groups in total. The molecule has 2 aromatic carbocycles. The summed E-state index contributed by atoms with van der Waals surface area (Å²) in [7, 11) is -4.08. The summed E-state index contributed by atoms with van der Waals surface area (Å²) in [6.07, 6.45) is -0.334. The highest BCUT2D eigenvalue weighted by molar-refractivity contribution is 7.52. The number of ether oxygens (including phenoxy) is 1. The molecule has 0 aliphatic carbocycles. The van der Waals surface area contributed by atoms with Crippen molar-refractivity contribution >= 4 is 13.7 Å². The number of rotatable bonds is 9. The zero-order valence-corrected chi connectivity index (χ0v) is 16.3. The van der Waals surface area contributed by atoms with Gasteiger partial charge < -0.3 is 9.26 Å². The summed E-state index contributed by atoms with van der Waals surface area (Å²) in [5, 5.41) is 2.51. The van der Waals surface area contributed by atoms with Crippen molar-refractivity contribution in [3.05, 3.63) is 66.0 Å². The third-order valence-electron chi connectivity index (χ3n) is 3.36. The minimum Gasteiger partial charge on any atom is -0.462 e. The van der Waals surface area contributed by atoms with Crippen molar-refractivity contribution in [2.24, 2.45) is 0 Å². The van der Waals surface area contributed by atoms with Gasteiger partial charge in [-0.3, -0.25) is 9.32 Å². The Labute approximate surface area is 158 Å². The number of hydrogen-bond acceptors (Lipinski definition) is 5. The number of hydrogen-bond donors (Lipinski definition) is 1. The molecule has 0 saturated carbocycles. The molecule has 0 radical (unpaired) electrons. The normalized spacial score (nSPS) is 14.4. The van der Waals surface area contributed by atoms with E-state index in [4.69, 9.17) is 13.8 Å². The van der Waals surface area contributed by atoms with Crippen LogP contribution >= 0.6 is 7.75 Å². The Morgan fingerprint density at radius 1 is 1.07 bits per heavy atom. The first-order valence-electron chi connectivity index (χ1n) is 8.50. The first kappa shape index (κ1) is 21.1. The fraction of sp³-hybridized carbons (Fsp3) is 0.316. The SMILES string of the molecule is CC(C)OC(=O)[C@H](C)NP(=O)(OCc1ccccc1)Oc1ccccc1F. The Balaban J connectivity index is 2.17. The third kappa shape index (κ3) is 6.79. The highest BCUT2D eigenvalue weighted by Crippen LogP contribution is 2.46. The van der Waals surface area contributed by atoms with Crippen LogP contribution in [0.4, 0.5) is 4.39 Å². The van der Waals surface area contributed by atoms with Gasteiger partial charge in [0, 0.05) is 0 Å². The van der Waals surface area contributed by atoms with E-state index in [9.17, 15) is 13.8 Å². The smallest absolute Gasteiger partial charge is 0.459 e. The summed E-state index contributed by atoms with van der Waals surface area (Å²) in [6.45, 7) is 4.82. The number of esters is 1. The van der Waals surface area contributed by atoms with Gasteiger partial charge in [0.15, 0.2) is 11.6 Å². The van der Waals surface area contributed by atoms with E-state index in [1.807, 2.05) is 6.07 Å². The monoisotopic (exact) mass is 395 g/mol. The molecule has 2 aromatic rings. The summed E-state index contributed by atoms with van der Waals surface area (Å²) < 4.78 is 43.0. The molecule has 0 amide bonds. The molecular weight excluding hydrogens is 372 g/mol. The van der Waals surface area contributed by atoms with E-state index in [0.717, 1.165) is 5.56 Å². The maximum atomic E-state index is 13.9. The summed E-state index contributed by atoms with van der Waals surface area (Å²) in [5.74, 6) is -1.56. The van der Waals surface area contributed by atoms with Crippen LogP contribution in [0, 0.1) is 5.82 Å². The summed E-state index contributed by atoms with van der Waals surface area (Å²) in [5.41, 5.74) is 0.745. The van der Waals surface area contributed by atoms with E-state index in [0.29, 0.717) is 0 Å². The number of nitrogens with one attached hydrogen (secondary N) is 1. The van der Waals surface area contributed by atoms with Crippen LogP contribution in [0.1, 0.15) is 26.3 Å². The van der Waals surface area contributed by atoms with Gasteiger partial charge in [0.05, 0.1) is 12.7 Å². The van der Waals surface area contributed by atoms with Crippen LogP contribution in [0.25, 0.3) is 0 Å². The van der Waals surface area contributed by atoms with E-state index >= 15 is 0 Å². The van der Waals surface area contributed by atoms with Gasteiger partial charge in [-0.15, -0.1) is 0 Å². The van der Waals surface area contributed by atoms with Crippen LogP contribution in [-0.4, -0.2) is 18.1 Å². The lowest BCUT2D eigenvalue weighted by Gasteiger charge is -2.23. The quantitative estimate of drug-likeness (QED) is 0.499. The van der Waals surface area contributed by atoms with Crippen LogP contribution in [0.2, 0.25) is 0 Å². The molecule has 8 heteroatoms. The summed E-state index contributed by atoms with van der Waals surface area (Å²) >= 11 is 0. The number of carbonyl (C=O) groups is 1. The second kappa shape index (κ2) is 9.65. The van der Waals surface area contributed by atoms with E-state index in [1.165, 1.54) is 31.2 Å². The molecule has 27 heavy (non-hydrogen) atoms. The lowest BCUT2D eigenvalue weighted by molar-refractivity contribution is -0.149. The van der Waals surface area contributed by atoms with Crippen molar-refractivity contribution in [3.63, 3.8) is 0 Å². The molecule has 6 nitrogen and oxygen atoms in total. The average molecular weight is 395 g/mol. The third-order valence-corrected chi connectivity index (χ3v) is 4.97. The fourth-order valence-electron chi connectivity index (χ4n) is 2.10. The topological polar surface area (TPSA) is 73.9 Å². The maximum absolute atomic E-state index is 13.9. The van der Waals surface area contributed by atoms with Crippen LogP contribution < -0.4 is 9.61 Å². The van der Waals surface area contributed by atoms with Gasteiger partial charge in [-0.05, 0) is 38.5 Å². The van der Waals surface area contributed by atoms with Crippen molar-refractivity contribution in [1.82, 2.24) is 5.09 Å². The van der Waals surface area contributed by atoms with E-state index in [2.05, 4.69) is 5.09 Å². The molecule has 2 rings (SSSR count). The Morgan fingerprint density at radius 3 is 2.33 bits per heavy atom. The van der Waals surface area contributed by atoms with Gasteiger partial charge in [-0.25, -0.2) is 8.96 Å². The van der Waals surface area contributed by atoms with Crippen LogP contribution in [0.5, 0.6) is 5.75 Å². The van der Waals surface area contributed by atoms with Gasteiger partial charge in [0.25, 0.3) is 0 Å². The molecule has 1 unspecified atom stereocenters. The summed E-state index contributed by atoms with van der Waals surface area (Å²) in [6, 6.07) is 13.5. The summed E-state index contributed by atoms with van der Waals surface area (Å²) in [4.78, 5) is 12.0. The van der Waals surface area contributed by atoms with Gasteiger partial charge in [0.1, 0.15) is 6.04 Å². The van der Waals surface area contributed by atoms with Crippen molar-refractivity contribution in [1.29, 1.82) is 0 Å². The highest BCUT2D eigenvalue weighted by Gasteiger charge is 2.33. The molecule has 0 aliphatic rings. The molecule has 0 bridgehead atoms. The van der Waals surface area contributed by atoms with E-state index in [-0.39, 0.29) is 18.5 Å². The first-order chi connectivity index (χ1) is 12.8. The Hall–Kier alpha value is -2.21. The van der Waals surface area contributed by atoms with Crippen molar-refractivity contribution < 1.29 is 27.5 Å². The van der Waals surface area contributed by atoms with Crippen molar-refractivity contribution in [3.8, 4) is 5.75 Å². The lowest BCUT2D eigenvalue weighted by Crippen LogP contribution is -2.36. The fourth-order valence-corrected chi connectivity index (χ4v) is 3.58. The van der Waals surface area contributed by atoms with Crippen molar-refractivity contribution in [2.45, 2.75) is 39.5 Å². The average Bonchev–Trinajstić information content (AvgIpc) is 2.62. The van der Waals surface area contributed by atoms with Gasteiger partial charge in [-0.2, -0.15) is 5.09 Å². The number of benzene rings is 2. The molecule has 0 spiro atoms. The molecule has 146 valence electrons. The predicted molar refractivity (Wildman–Crippen MR) is 99.7 cm³/mol. The molecule has 0 saturated heterocycles. The Bertz CT molecular complexity index is 800. The Morgan fingerprint density at radius 2 is 1.70 bits per heavy atom. The number of para-hydroxylation sites is 1. The van der Waals surface area contributed by atoms with Gasteiger partial charge in [-0.1, -0.05) is 42.5 Å². The van der Waals surface area contributed by atoms with Crippen LogP contribution in [0.3, 0.4) is 0 Å². The number of halogens is 1. The molecule has 0 heterocycles. The largest absolute Gasteiger partial charge is 0.462 e. The predicted octanol–water partition coefficient (Wildman–Crippen LogP) is 4.46. The second-order valence-corrected chi connectivity index (χ2v) is 7.81.